The fraction of sp³-hybridized carbons (Fsp3) is 0.455. The van der Waals surface area contributed by atoms with E-state index in [1.165, 1.54) is 0 Å². The van der Waals surface area contributed by atoms with Gasteiger partial charge in [0.2, 0.25) is 6.04 Å². The van der Waals surface area contributed by atoms with E-state index in [-0.39, 0.29) is 24.8 Å². The Morgan fingerprint density at radius 1 is 1.05 bits per heavy atom. The fourth-order valence-corrected chi connectivity index (χ4v) is 5.61. The number of aliphatic hydroxyl groups excluding tert-OH is 1. The zero-order chi connectivity index (χ0) is 31.4. The van der Waals surface area contributed by atoms with Crippen molar-refractivity contribution in [2.75, 3.05) is 13.1 Å². The van der Waals surface area contributed by atoms with Gasteiger partial charge in [0, 0.05) is 36.6 Å². The van der Waals surface area contributed by atoms with E-state index >= 15 is 0 Å². The number of carbonyl (C=O) groups excluding carboxylic acids is 2. The molecule has 43 heavy (non-hydrogen) atoms. The lowest BCUT2D eigenvalue weighted by Gasteiger charge is -2.40. The van der Waals surface area contributed by atoms with Crippen LogP contribution >= 0.6 is 0 Å². The number of amides is 2. The summed E-state index contributed by atoms with van der Waals surface area (Å²) in [7, 11) is 0. The predicted molar refractivity (Wildman–Crippen MR) is 164 cm³/mol. The van der Waals surface area contributed by atoms with E-state index in [0.717, 1.165) is 22.0 Å². The number of carbonyl (C=O) groups is 3. The molecule has 1 saturated heterocycles. The standard InChI is InChI=1S/C33H42N4O6/c1-31(2,3)43-30(42)36-32(4,5)28(39)35-26(18-23-20-34-25-15-10-9-14-24(23)25)27(38)37-17-11-16-33(21-37,29(40)41)19-22-12-7-6-8-13-22/h6-10,12-15,20,26,34H,11,16-19,21H2,1-5H3,(H,35,39)(H,36,42)(H,40,41)/p+1/t26-,33-/m1/s1. The first kappa shape index (κ1) is 31.6. The molecule has 0 bridgehead atoms. The largest absolute Gasteiger partial charge is 0.481 e. The van der Waals surface area contributed by atoms with Crippen LogP contribution in [0.3, 0.4) is 0 Å². The molecule has 2 atom stereocenters. The van der Waals surface area contributed by atoms with E-state index in [2.05, 4.69) is 15.3 Å². The minimum Gasteiger partial charge on any atom is -0.481 e. The molecule has 3 aromatic rings. The second-order valence-electron chi connectivity index (χ2n) is 13.0. The van der Waals surface area contributed by atoms with Crippen molar-refractivity contribution in [2.24, 2.45) is 5.41 Å². The monoisotopic (exact) mass is 591 g/mol. The average Bonchev–Trinajstić information content (AvgIpc) is 3.34. The van der Waals surface area contributed by atoms with Gasteiger partial charge in [-0.05, 0) is 71.1 Å². The van der Waals surface area contributed by atoms with Gasteiger partial charge in [-0.25, -0.2) is 9.79 Å². The van der Waals surface area contributed by atoms with E-state index in [0.29, 0.717) is 25.8 Å². The topological polar surface area (TPSA) is 146 Å². The van der Waals surface area contributed by atoms with Gasteiger partial charge in [0.25, 0.3) is 5.91 Å². The maximum atomic E-state index is 14.2. The Labute approximate surface area is 252 Å². The molecule has 1 aromatic heterocycles. The highest BCUT2D eigenvalue weighted by Crippen LogP contribution is 2.34. The number of likely N-dealkylation sites (tertiary alicyclic amines) is 1. The SMILES string of the molecule is CC(C)(C)OC(=O)NC(C)(C)C(O)=[NH+][C@H](Cc1c[nH]c2ccccc12)C(=O)N1CCC[C@](Cc2ccccc2)(C(=O)O)C1. The predicted octanol–water partition coefficient (Wildman–Crippen LogP) is 3.36. The van der Waals surface area contributed by atoms with Crippen LogP contribution in [0.2, 0.25) is 0 Å². The van der Waals surface area contributed by atoms with E-state index in [4.69, 9.17) is 4.74 Å². The summed E-state index contributed by atoms with van der Waals surface area (Å²) in [6, 6.07) is 16.2. The molecule has 1 aliphatic heterocycles. The fourth-order valence-electron chi connectivity index (χ4n) is 5.61. The van der Waals surface area contributed by atoms with E-state index < -0.39 is 34.7 Å². The van der Waals surface area contributed by atoms with Crippen molar-refractivity contribution in [3.63, 3.8) is 0 Å². The summed E-state index contributed by atoms with van der Waals surface area (Å²) < 4.78 is 5.36. The molecule has 1 aliphatic rings. The number of carboxylic acids is 1. The Kier molecular flexibility index (Phi) is 9.18. The minimum atomic E-state index is -1.29. The molecular weight excluding hydrogens is 548 g/mol. The minimum absolute atomic E-state index is 0.0441. The maximum absolute atomic E-state index is 14.2. The van der Waals surface area contributed by atoms with Crippen molar-refractivity contribution in [1.82, 2.24) is 15.2 Å². The number of nitrogens with one attached hydrogen (secondary N) is 3. The molecule has 10 heteroatoms. The third-order valence-electron chi connectivity index (χ3n) is 7.84. The van der Waals surface area contributed by atoms with Crippen molar-refractivity contribution < 1.29 is 34.3 Å². The lowest BCUT2D eigenvalue weighted by atomic mass is 9.75. The number of aliphatic hydroxyl groups is 1. The van der Waals surface area contributed by atoms with Crippen molar-refractivity contribution >= 4 is 34.8 Å². The van der Waals surface area contributed by atoms with Gasteiger partial charge in [-0.2, -0.15) is 0 Å². The number of H-pyrrole nitrogens is 1. The molecule has 2 amide bonds. The molecule has 2 aromatic carbocycles. The molecule has 2 heterocycles. The number of nitrogens with zero attached hydrogens (tertiary/aromatic N) is 1. The van der Waals surface area contributed by atoms with Gasteiger partial charge < -0.3 is 30.2 Å². The second-order valence-corrected chi connectivity index (χ2v) is 13.0. The molecule has 5 N–H and O–H groups in total. The molecule has 10 nitrogen and oxygen atoms in total. The summed E-state index contributed by atoms with van der Waals surface area (Å²) >= 11 is 0. The molecule has 0 unspecified atom stereocenters. The number of rotatable bonds is 9. The van der Waals surface area contributed by atoms with Gasteiger partial charge in [0.1, 0.15) is 5.60 Å². The number of aliphatic carboxylic acids is 1. The van der Waals surface area contributed by atoms with Crippen LogP contribution in [-0.4, -0.2) is 74.2 Å². The van der Waals surface area contributed by atoms with Crippen molar-refractivity contribution in [3.05, 3.63) is 71.9 Å². The number of hydrogen-bond donors (Lipinski definition) is 5. The van der Waals surface area contributed by atoms with Crippen LogP contribution in [0.25, 0.3) is 10.9 Å². The molecule has 230 valence electrons. The first-order valence-corrected chi connectivity index (χ1v) is 14.6. The zero-order valence-electron chi connectivity index (χ0n) is 25.6. The molecule has 0 radical (unpaired) electrons. The molecule has 0 aliphatic carbocycles. The van der Waals surface area contributed by atoms with Gasteiger partial charge in [-0.15, -0.1) is 0 Å². The number of piperidine rings is 1. The summed E-state index contributed by atoms with van der Waals surface area (Å²) in [5.41, 5.74) is -0.492. The van der Waals surface area contributed by atoms with Crippen LogP contribution in [0, 0.1) is 5.41 Å². The number of fused-ring (bicyclic) bond motifs is 1. The number of alkyl carbamates (subject to hydrolysis) is 1. The first-order valence-electron chi connectivity index (χ1n) is 14.6. The third-order valence-corrected chi connectivity index (χ3v) is 7.84. The lowest BCUT2D eigenvalue weighted by Crippen LogP contribution is -2.87. The van der Waals surface area contributed by atoms with Crippen LogP contribution in [-0.2, 0) is 27.2 Å². The number of benzene rings is 2. The van der Waals surface area contributed by atoms with Crippen LogP contribution in [0.15, 0.2) is 60.8 Å². The van der Waals surface area contributed by atoms with Crippen LogP contribution in [0.5, 0.6) is 0 Å². The summed E-state index contributed by atoms with van der Waals surface area (Å²) in [6.07, 6.45) is 2.62. The number of para-hydroxylation sites is 1. The summed E-state index contributed by atoms with van der Waals surface area (Å²) in [6.45, 7) is 8.86. The quantitative estimate of drug-likeness (QED) is 0.191. The molecule has 0 saturated carbocycles. The van der Waals surface area contributed by atoms with E-state index in [9.17, 15) is 24.6 Å². The van der Waals surface area contributed by atoms with Crippen LogP contribution in [0.1, 0.15) is 58.6 Å². The van der Waals surface area contributed by atoms with Gasteiger partial charge >= 0.3 is 18.0 Å². The summed E-state index contributed by atoms with van der Waals surface area (Å²) in [5.74, 6) is -1.59. The van der Waals surface area contributed by atoms with Crippen molar-refractivity contribution in [1.29, 1.82) is 0 Å². The van der Waals surface area contributed by atoms with Crippen LogP contribution < -0.4 is 10.3 Å². The van der Waals surface area contributed by atoms with Crippen LogP contribution in [0.4, 0.5) is 4.79 Å². The zero-order valence-corrected chi connectivity index (χ0v) is 25.6. The number of aromatic nitrogens is 1. The summed E-state index contributed by atoms with van der Waals surface area (Å²) in [5, 5.41) is 25.2. The van der Waals surface area contributed by atoms with Gasteiger partial charge in [0.15, 0.2) is 5.54 Å². The Hall–Kier alpha value is -4.34. The Balaban J connectivity index is 1.65. The highest BCUT2D eigenvalue weighted by molar-refractivity contribution is 5.88. The second kappa shape index (κ2) is 12.5. The van der Waals surface area contributed by atoms with E-state index in [1.807, 2.05) is 60.8 Å². The Morgan fingerprint density at radius 2 is 1.72 bits per heavy atom. The Morgan fingerprint density at radius 3 is 2.40 bits per heavy atom. The number of ether oxygens (including phenoxy) is 1. The van der Waals surface area contributed by atoms with Gasteiger partial charge in [-0.1, -0.05) is 48.5 Å². The van der Waals surface area contributed by atoms with E-state index in [1.54, 1.807) is 39.5 Å². The van der Waals surface area contributed by atoms with Crippen molar-refractivity contribution in [2.45, 2.75) is 77.5 Å². The first-order chi connectivity index (χ1) is 20.2. The van der Waals surface area contributed by atoms with Gasteiger partial charge in [-0.3, -0.25) is 9.59 Å². The highest BCUT2D eigenvalue weighted by Gasteiger charge is 2.46. The highest BCUT2D eigenvalue weighted by atomic mass is 16.6. The molecule has 0 spiro atoms. The summed E-state index contributed by atoms with van der Waals surface area (Å²) in [4.78, 5) is 47.2. The molecule has 1 fully saturated rings. The molecular formula is C33H43N4O6+. The smallest absolute Gasteiger partial charge is 0.408 e. The maximum Gasteiger partial charge on any atom is 0.408 e. The normalized spacial score (nSPS) is 18.7. The van der Waals surface area contributed by atoms with Gasteiger partial charge in [0.05, 0.1) is 5.41 Å². The number of hydrogen-bond acceptors (Lipinski definition) is 4. The number of carboxylic acid groups (broad SMARTS) is 1. The average molecular weight is 592 g/mol. The number of aromatic amines is 1. The third kappa shape index (κ3) is 7.74. The van der Waals surface area contributed by atoms with Crippen molar-refractivity contribution in [3.8, 4) is 0 Å². The lowest BCUT2D eigenvalue weighted by molar-refractivity contribution is -0.500. The Bertz CT molecular complexity index is 1490. The molecule has 4 rings (SSSR count).